The van der Waals surface area contributed by atoms with Gasteiger partial charge in [0, 0.05) is 4.88 Å². The molecule has 1 aromatic heterocycles. The Bertz CT molecular complexity index is 447. The van der Waals surface area contributed by atoms with Gasteiger partial charge in [0.2, 0.25) is 0 Å². The molecule has 0 saturated heterocycles. The minimum atomic E-state index is -0.0666. The highest BCUT2D eigenvalue weighted by molar-refractivity contribution is 7.16. The van der Waals surface area contributed by atoms with Crippen LogP contribution in [0.4, 0.5) is 0 Å². The van der Waals surface area contributed by atoms with Crippen molar-refractivity contribution in [2.24, 2.45) is 5.73 Å². The van der Waals surface area contributed by atoms with Gasteiger partial charge >= 0.3 is 0 Å². The van der Waals surface area contributed by atoms with Crippen LogP contribution in [0.2, 0.25) is 4.34 Å². The summed E-state index contributed by atoms with van der Waals surface area (Å²) in [6.45, 7) is 2.07. The SMILES string of the molecule is Cc1ccc(C(N)c2ccc(Cl)s2)cc1. The minimum absolute atomic E-state index is 0.0666. The van der Waals surface area contributed by atoms with Crippen LogP contribution in [0, 0.1) is 6.92 Å². The number of benzene rings is 1. The molecular weight excluding hydrogens is 226 g/mol. The third-order valence-corrected chi connectivity index (χ3v) is 3.65. The van der Waals surface area contributed by atoms with Crippen LogP contribution >= 0.6 is 22.9 Å². The van der Waals surface area contributed by atoms with E-state index in [4.69, 9.17) is 17.3 Å². The van der Waals surface area contributed by atoms with Crippen LogP contribution < -0.4 is 5.73 Å². The lowest BCUT2D eigenvalue weighted by Gasteiger charge is -2.09. The van der Waals surface area contributed by atoms with Crippen LogP contribution in [0.3, 0.4) is 0 Å². The lowest BCUT2D eigenvalue weighted by atomic mass is 10.0. The van der Waals surface area contributed by atoms with Crippen LogP contribution in [-0.4, -0.2) is 0 Å². The van der Waals surface area contributed by atoms with E-state index in [1.165, 1.54) is 16.9 Å². The summed E-state index contributed by atoms with van der Waals surface area (Å²) in [7, 11) is 0. The molecule has 0 spiro atoms. The van der Waals surface area contributed by atoms with Gasteiger partial charge in [0.15, 0.2) is 0 Å². The van der Waals surface area contributed by atoms with Gasteiger partial charge in [-0.05, 0) is 24.6 Å². The van der Waals surface area contributed by atoms with Gasteiger partial charge in [-0.3, -0.25) is 0 Å². The van der Waals surface area contributed by atoms with Crippen molar-refractivity contribution in [1.29, 1.82) is 0 Å². The molecule has 0 aliphatic heterocycles. The molecule has 1 heterocycles. The molecule has 2 aromatic rings. The molecule has 1 nitrogen and oxygen atoms in total. The molecule has 15 heavy (non-hydrogen) atoms. The average molecular weight is 238 g/mol. The second-order valence-electron chi connectivity index (χ2n) is 3.53. The van der Waals surface area contributed by atoms with Crippen molar-refractivity contribution in [3.05, 3.63) is 56.7 Å². The van der Waals surface area contributed by atoms with Crippen LogP contribution in [0.15, 0.2) is 36.4 Å². The lowest BCUT2D eigenvalue weighted by molar-refractivity contribution is 0.893. The first-order valence-corrected chi connectivity index (χ1v) is 5.93. The Morgan fingerprint density at radius 1 is 1.13 bits per heavy atom. The molecule has 78 valence electrons. The molecule has 2 rings (SSSR count). The minimum Gasteiger partial charge on any atom is -0.320 e. The smallest absolute Gasteiger partial charge is 0.0931 e. The molecule has 3 heteroatoms. The van der Waals surface area contributed by atoms with Crippen LogP contribution in [-0.2, 0) is 0 Å². The number of thiophene rings is 1. The molecule has 0 aliphatic rings. The summed E-state index contributed by atoms with van der Waals surface area (Å²) in [6, 6.07) is 12.1. The van der Waals surface area contributed by atoms with E-state index in [-0.39, 0.29) is 6.04 Å². The molecule has 0 aliphatic carbocycles. The van der Waals surface area contributed by atoms with Crippen molar-refractivity contribution in [2.45, 2.75) is 13.0 Å². The molecule has 1 unspecified atom stereocenters. The van der Waals surface area contributed by atoms with Crippen molar-refractivity contribution in [3.63, 3.8) is 0 Å². The molecule has 1 atom stereocenters. The Balaban J connectivity index is 2.28. The van der Waals surface area contributed by atoms with Crippen LogP contribution in [0.25, 0.3) is 0 Å². The van der Waals surface area contributed by atoms with E-state index < -0.39 is 0 Å². The van der Waals surface area contributed by atoms with Gasteiger partial charge in [-0.25, -0.2) is 0 Å². The number of nitrogens with two attached hydrogens (primary N) is 1. The molecule has 0 saturated carbocycles. The predicted molar refractivity (Wildman–Crippen MR) is 66.5 cm³/mol. The Hall–Kier alpha value is -0.830. The second-order valence-corrected chi connectivity index (χ2v) is 5.28. The normalized spacial score (nSPS) is 12.7. The van der Waals surface area contributed by atoms with Gasteiger partial charge in [0.25, 0.3) is 0 Å². The molecule has 0 bridgehead atoms. The van der Waals surface area contributed by atoms with Crippen molar-refractivity contribution >= 4 is 22.9 Å². The Kier molecular flexibility index (Phi) is 3.10. The maximum absolute atomic E-state index is 6.13. The molecule has 0 fully saturated rings. The van der Waals surface area contributed by atoms with E-state index in [1.807, 2.05) is 12.1 Å². The quantitative estimate of drug-likeness (QED) is 0.846. The van der Waals surface area contributed by atoms with Gasteiger partial charge in [-0.1, -0.05) is 41.4 Å². The highest BCUT2D eigenvalue weighted by Crippen LogP contribution is 2.29. The van der Waals surface area contributed by atoms with Crippen molar-refractivity contribution in [1.82, 2.24) is 0 Å². The summed E-state index contributed by atoms with van der Waals surface area (Å²) >= 11 is 7.42. The number of hydrogen-bond donors (Lipinski definition) is 1. The first kappa shape index (κ1) is 10.7. The fourth-order valence-electron chi connectivity index (χ4n) is 1.43. The summed E-state index contributed by atoms with van der Waals surface area (Å²) in [5, 5.41) is 0. The van der Waals surface area contributed by atoms with Crippen molar-refractivity contribution in [2.75, 3.05) is 0 Å². The molecule has 0 radical (unpaired) electrons. The van der Waals surface area contributed by atoms with Gasteiger partial charge in [0.1, 0.15) is 0 Å². The van der Waals surface area contributed by atoms with Gasteiger partial charge in [-0.15, -0.1) is 11.3 Å². The maximum atomic E-state index is 6.13. The third kappa shape index (κ3) is 2.40. The first-order chi connectivity index (χ1) is 7.16. The summed E-state index contributed by atoms with van der Waals surface area (Å²) in [4.78, 5) is 1.10. The Morgan fingerprint density at radius 3 is 2.33 bits per heavy atom. The number of hydrogen-bond acceptors (Lipinski definition) is 2. The van der Waals surface area contributed by atoms with E-state index in [2.05, 4.69) is 31.2 Å². The molecular formula is C12H12ClNS. The number of aryl methyl sites for hydroxylation is 1. The van der Waals surface area contributed by atoms with Gasteiger partial charge in [0.05, 0.1) is 10.4 Å². The molecule has 0 amide bonds. The van der Waals surface area contributed by atoms with Gasteiger partial charge < -0.3 is 5.73 Å². The number of rotatable bonds is 2. The zero-order chi connectivity index (χ0) is 10.8. The average Bonchev–Trinajstić information content (AvgIpc) is 2.65. The van der Waals surface area contributed by atoms with E-state index >= 15 is 0 Å². The zero-order valence-electron chi connectivity index (χ0n) is 8.41. The summed E-state index contributed by atoms with van der Waals surface area (Å²) in [5.74, 6) is 0. The molecule has 1 aromatic carbocycles. The van der Waals surface area contributed by atoms with Crippen LogP contribution in [0.5, 0.6) is 0 Å². The molecule has 2 N–H and O–H groups in total. The first-order valence-electron chi connectivity index (χ1n) is 4.74. The lowest BCUT2D eigenvalue weighted by Crippen LogP contribution is -2.09. The Labute approximate surface area is 98.5 Å². The van der Waals surface area contributed by atoms with Gasteiger partial charge in [-0.2, -0.15) is 0 Å². The topological polar surface area (TPSA) is 26.0 Å². The number of halogens is 1. The largest absolute Gasteiger partial charge is 0.320 e. The van der Waals surface area contributed by atoms with E-state index in [0.717, 1.165) is 14.8 Å². The zero-order valence-corrected chi connectivity index (χ0v) is 9.98. The summed E-state index contributed by atoms with van der Waals surface area (Å²) < 4.78 is 0.785. The maximum Gasteiger partial charge on any atom is 0.0931 e. The van der Waals surface area contributed by atoms with E-state index in [0.29, 0.717) is 0 Å². The Morgan fingerprint density at radius 2 is 1.80 bits per heavy atom. The van der Waals surface area contributed by atoms with Crippen LogP contribution in [0.1, 0.15) is 22.0 Å². The highest BCUT2D eigenvalue weighted by atomic mass is 35.5. The van der Waals surface area contributed by atoms with Crippen molar-refractivity contribution < 1.29 is 0 Å². The second kappa shape index (κ2) is 4.35. The fourth-order valence-corrected chi connectivity index (χ4v) is 2.52. The third-order valence-electron chi connectivity index (χ3n) is 2.34. The predicted octanol–water partition coefficient (Wildman–Crippen LogP) is 3.76. The van der Waals surface area contributed by atoms with E-state index in [1.54, 1.807) is 0 Å². The van der Waals surface area contributed by atoms with Crippen molar-refractivity contribution in [3.8, 4) is 0 Å². The van der Waals surface area contributed by atoms with E-state index in [9.17, 15) is 0 Å². The summed E-state index contributed by atoms with van der Waals surface area (Å²) in [5.41, 5.74) is 8.50. The fraction of sp³-hybridized carbons (Fsp3) is 0.167. The standard InChI is InChI=1S/C12H12ClNS/c1-8-2-4-9(5-3-8)12(14)10-6-7-11(13)15-10/h2-7,12H,14H2,1H3. The monoisotopic (exact) mass is 237 g/mol. The summed E-state index contributed by atoms with van der Waals surface area (Å²) in [6.07, 6.45) is 0. The highest BCUT2D eigenvalue weighted by Gasteiger charge is 2.10.